The van der Waals surface area contributed by atoms with Crippen molar-refractivity contribution in [2.45, 2.75) is 13.0 Å². The Bertz CT molecular complexity index is 677. The van der Waals surface area contributed by atoms with E-state index >= 15 is 0 Å². The molecule has 23 heavy (non-hydrogen) atoms. The molecule has 0 saturated carbocycles. The van der Waals surface area contributed by atoms with Crippen LogP contribution >= 0.6 is 28.1 Å². The Balaban J connectivity index is 1.97. The molecular formula is C17H19BrN2O2S. The first-order valence-electron chi connectivity index (χ1n) is 7.08. The van der Waals surface area contributed by atoms with Gasteiger partial charge in [0.05, 0.1) is 24.7 Å². The van der Waals surface area contributed by atoms with E-state index in [1.54, 1.807) is 14.2 Å². The lowest BCUT2D eigenvalue weighted by atomic mass is 10.1. The number of thiocarbonyl (C=S) groups is 1. The summed E-state index contributed by atoms with van der Waals surface area (Å²) < 4.78 is 11.3. The average Bonchev–Trinajstić information content (AvgIpc) is 2.55. The predicted octanol–water partition coefficient (Wildman–Crippen LogP) is 4.51. The minimum atomic E-state index is 0.0652. The van der Waals surface area contributed by atoms with E-state index in [2.05, 4.69) is 33.5 Å². The van der Waals surface area contributed by atoms with Gasteiger partial charge in [-0.25, -0.2) is 0 Å². The van der Waals surface area contributed by atoms with Crippen LogP contribution in [0.2, 0.25) is 0 Å². The SMILES string of the molecule is COc1ccc(NC(=S)N[C@H](C)c2ccc(OC)c(Br)c2)cc1. The highest BCUT2D eigenvalue weighted by atomic mass is 79.9. The van der Waals surface area contributed by atoms with E-state index in [4.69, 9.17) is 21.7 Å². The van der Waals surface area contributed by atoms with Crippen LogP contribution in [0.3, 0.4) is 0 Å². The third-order valence-electron chi connectivity index (χ3n) is 3.37. The van der Waals surface area contributed by atoms with Crippen molar-refractivity contribution >= 4 is 38.9 Å². The van der Waals surface area contributed by atoms with Gasteiger partial charge in [0.15, 0.2) is 5.11 Å². The van der Waals surface area contributed by atoms with Gasteiger partial charge in [0.25, 0.3) is 0 Å². The number of rotatable bonds is 5. The van der Waals surface area contributed by atoms with E-state index in [-0.39, 0.29) is 6.04 Å². The first kappa shape index (κ1) is 17.6. The molecule has 2 N–H and O–H groups in total. The van der Waals surface area contributed by atoms with Crippen LogP contribution in [0.1, 0.15) is 18.5 Å². The number of hydrogen-bond acceptors (Lipinski definition) is 3. The maximum atomic E-state index is 5.37. The number of hydrogen-bond donors (Lipinski definition) is 2. The lowest BCUT2D eigenvalue weighted by Crippen LogP contribution is -2.30. The molecule has 6 heteroatoms. The van der Waals surface area contributed by atoms with Gasteiger partial charge in [-0.1, -0.05) is 6.07 Å². The molecule has 0 fully saturated rings. The third kappa shape index (κ3) is 4.84. The molecule has 0 aliphatic carbocycles. The Morgan fingerprint density at radius 1 is 1.09 bits per heavy atom. The maximum absolute atomic E-state index is 5.37. The molecule has 122 valence electrons. The van der Waals surface area contributed by atoms with Gasteiger partial charge in [-0.05, 0) is 77.0 Å². The highest BCUT2D eigenvalue weighted by molar-refractivity contribution is 9.10. The number of ether oxygens (including phenoxy) is 2. The summed E-state index contributed by atoms with van der Waals surface area (Å²) in [5, 5.41) is 6.99. The van der Waals surface area contributed by atoms with Crippen LogP contribution in [0.4, 0.5) is 5.69 Å². The smallest absolute Gasteiger partial charge is 0.171 e. The monoisotopic (exact) mass is 394 g/mol. The van der Waals surface area contributed by atoms with Gasteiger partial charge in [-0.3, -0.25) is 0 Å². The zero-order chi connectivity index (χ0) is 16.8. The van der Waals surface area contributed by atoms with Gasteiger partial charge in [-0.15, -0.1) is 0 Å². The minimum Gasteiger partial charge on any atom is -0.497 e. The predicted molar refractivity (Wildman–Crippen MR) is 101 cm³/mol. The zero-order valence-electron chi connectivity index (χ0n) is 13.2. The molecule has 0 aromatic heterocycles. The standard InChI is InChI=1S/C17H19BrN2O2S/c1-11(12-4-9-16(22-3)15(18)10-12)19-17(23)20-13-5-7-14(21-2)8-6-13/h4-11H,1-3H3,(H2,19,20,23)/t11-/m1/s1. The molecule has 2 rings (SSSR count). The second kappa shape index (κ2) is 8.17. The number of benzene rings is 2. The van der Waals surface area contributed by atoms with Gasteiger partial charge in [0.1, 0.15) is 11.5 Å². The van der Waals surface area contributed by atoms with E-state index in [0.29, 0.717) is 5.11 Å². The van der Waals surface area contributed by atoms with E-state index in [1.165, 1.54) is 0 Å². The molecule has 0 saturated heterocycles. The second-order valence-electron chi connectivity index (χ2n) is 4.94. The number of halogens is 1. The minimum absolute atomic E-state index is 0.0652. The molecule has 0 heterocycles. The summed E-state index contributed by atoms with van der Waals surface area (Å²) >= 11 is 8.86. The molecule has 0 aliphatic heterocycles. The molecule has 0 spiro atoms. The number of anilines is 1. The molecule has 2 aromatic carbocycles. The molecule has 1 atom stereocenters. The van der Waals surface area contributed by atoms with E-state index in [1.807, 2.05) is 42.5 Å². The molecule has 0 bridgehead atoms. The summed E-state index contributed by atoms with van der Waals surface area (Å²) in [5.41, 5.74) is 2.02. The third-order valence-corrected chi connectivity index (χ3v) is 4.21. The van der Waals surface area contributed by atoms with Crippen LogP contribution in [0.15, 0.2) is 46.9 Å². The summed E-state index contributed by atoms with van der Waals surface area (Å²) in [7, 11) is 3.29. The van der Waals surface area contributed by atoms with Crippen molar-refractivity contribution in [1.82, 2.24) is 5.32 Å². The Labute approximate surface area is 150 Å². The lowest BCUT2D eigenvalue weighted by molar-refractivity contribution is 0.412. The van der Waals surface area contributed by atoms with Crippen molar-refractivity contribution in [2.24, 2.45) is 0 Å². The van der Waals surface area contributed by atoms with Gasteiger partial charge in [0, 0.05) is 5.69 Å². The van der Waals surface area contributed by atoms with Crippen LogP contribution in [0, 0.1) is 0 Å². The van der Waals surface area contributed by atoms with Crippen LogP contribution in [-0.2, 0) is 0 Å². The largest absolute Gasteiger partial charge is 0.497 e. The highest BCUT2D eigenvalue weighted by Gasteiger charge is 2.10. The Morgan fingerprint density at radius 3 is 2.35 bits per heavy atom. The van der Waals surface area contributed by atoms with E-state index < -0.39 is 0 Å². The van der Waals surface area contributed by atoms with E-state index in [9.17, 15) is 0 Å². The fourth-order valence-electron chi connectivity index (χ4n) is 2.07. The van der Waals surface area contributed by atoms with Crippen molar-refractivity contribution < 1.29 is 9.47 Å². The summed E-state index contributed by atoms with van der Waals surface area (Å²) in [6.07, 6.45) is 0. The summed E-state index contributed by atoms with van der Waals surface area (Å²) in [6.45, 7) is 2.05. The number of methoxy groups -OCH3 is 2. The summed E-state index contributed by atoms with van der Waals surface area (Å²) in [6, 6.07) is 13.6. The van der Waals surface area contributed by atoms with Crippen LogP contribution in [0.5, 0.6) is 11.5 Å². The van der Waals surface area contributed by atoms with Crippen molar-refractivity contribution in [2.75, 3.05) is 19.5 Å². The molecule has 2 aromatic rings. The van der Waals surface area contributed by atoms with Gasteiger partial charge < -0.3 is 20.1 Å². The van der Waals surface area contributed by atoms with Crippen molar-refractivity contribution in [3.63, 3.8) is 0 Å². The van der Waals surface area contributed by atoms with Gasteiger partial charge >= 0.3 is 0 Å². The van der Waals surface area contributed by atoms with E-state index in [0.717, 1.165) is 27.2 Å². The van der Waals surface area contributed by atoms with Crippen molar-refractivity contribution in [3.8, 4) is 11.5 Å². The Kier molecular flexibility index (Phi) is 6.24. The molecule has 0 radical (unpaired) electrons. The maximum Gasteiger partial charge on any atom is 0.171 e. The Morgan fingerprint density at radius 2 is 1.78 bits per heavy atom. The topological polar surface area (TPSA) is 42.5 Å². The fourth-order valence-corrected chi connectivity index (χ4v) is 2.93. The van der Waals surface area contributed by atoms with Crippen molar-refractivity contribution in [1.29, 1.82) is 0 Å². The molecule has 0 amide bonds. The van der Waals surface area contributed by atoms with Gasteiger partial charge in [-0.2, -0.15) is 0 Å². The van der Waals surface area contributed by atoms with Crippen LogP contribution < -0.4 is 20.1 Å². The normalized spacial score (nSPS) is 11.5. The first-order chi connectivity index (χ1) is 11.0. The zero-order valence-corrected chi connectivity index (χ0v) is 15.6. The quantitative estimate of drug-likeness (QED) is 0.729. The highest BCUT2D eigenvalue weighted by Crippen LogP contribution is 2.28. The molecular weight excluding hydrogens is 376 g/mol. The van der Waals surface area contributed by atoms with Gasteiger partial charge in [0.2, 0.25) is 0 Å². The second-order valence-corrected chi connectivity index (χ2v) is 6.21. The Hall–Kier alpha value is -1.79. The molecule has 0 unspecified atom stereocenters. The van der Waals surface area contributed by atoms with Crippen LogP contribution in [0.25, 0.3) is 0 Å². The molecule has 0 aliphatic rings. The average molecular weight is 395 g/mol. The summed E-state index contributed by atoms with van der Waals surface area (Å²) in [5.74, 6) is 1.62. The van der Waals surface area contributed by atoms with Crippen LogP contribution in [-0.4, -0.2) is 19.3 Å². The number of nitrogens with one attached hydrogen (secondary N) is 2. The lowest BCUT2D eigenvalue weighted by Gasteiger charge is -2.18. The first-order valence-corrected chi connectivity index (χ1v) is 8.28. The summed E-state index contributed by atoms with van der Waals surface area (Å²) in [4.78, 5) is 0. The molecule has 4 nitrogen and oxygen atoms in total. The van der Waals surface area contributed by atoms with Crippen molar-refractivity contribution in [3.05, 3.63) is 52.5 Å². The fraction of sp³-hybridized carbons (Fsp3) is 0.235.